The van der Waals surface area contributed by atoms with Gasteiger partial charge in [0.25, 0.3) is 0 Å². The van der Waals surface area contributed by atoms with Crippen molar-refractivity contribution in [1.82, 2.24) is 25.2 Å². The maximum atomic E-state index is 13.2. The van der Waals surface area contributed by atoms with Crippen LogP contribution in [-0.2, 0) is 17.0 Å². The molecule has 1 aliphatic rings. The Morgan fingerprint density at radius 2 is 2.35 bits per heavy atom. The maximum Gasteiger partial charge on any atom is 0.209 e. The van der Waals surface area contributed by atoms with Crippen LogP contribution in [0.25, 0.3) is 11.1 Å². The number of hydrogen-bond acceptors (Lipinski definition) is 7. The highest BCUT2D eigenvalue weighted by molar-refractivity contribution is 7.98. The average Bonchev–Trinajstić information content (AvgIpc) is 3.26. The summed E-state index contributed by atoms with van der Waals surface area (Å²) in [6.45, 7) is 1.45. The van der Waals surface area contributed by atoms with Crippen molar-refractivity contribution >= 4 is 22.9 Å². The first-order valence-electron chi connectivity index (χ1n) is 7.33. The summed E-state index contributed by atoms with van der Waals surface area (Å²) in [6.07, 6.45) is 2.28. The van der Waals surface area contributed by atoms with Crippen molar-refractivity contribution in [2.45, 2.75) is 36.4 Å². The number of aromatic nitrogens is 5. The number of benzene rings is 1. The van der Waals surface area contributed by atoms with E-state index in [-0.39, 0.29) is 11.9 Å². The van der Waals surface area contributed by atoms with Gasteiger partial charge in [-0.3, -0.25) is 0 Å². The second-order valence-corrected chi connectivity index (χ2v) is 6.23. The summed E-state index contributed by atoms with van der Waals surface area (Å²) in [4.78, 5) is 4.28. The zero-order valence-electron chi connectivity index (χ0n) is 12.2. The Morgan fingerprint density at radius 3 is 3.22 bits per heavy atom. The molecule has 0 spiro atoms. The third kappa shape index (κ3) is 3.20. The summed E-state index contributed by atoms with van der Waals surface area (Å²) in [7, 11) is 0. The van der Waals surface area contributed by atoms with E-state index >= 15 is 0 Å². The summed E-state index contributed by atoms with van der Waals surface area (Å²) < 4.78 is 26.1. The molecule has 1 saturated heterocycles. The van der Waals surface area contributed by atoms with Gasteiger partial charge in [-0.25, -0.2) is 14.1 Å². The fourth-order valence-electron chi connectivity index (χ4n) is 2.53. The van der Waals surface area contributed by atoms with Crippen LogP contribution in [0, 0.1) is 5.82 Å². The molecule has 9 heteroatoms. The molecular formula is C14H14FN5O2S. The van der Waals surface area contributed by atoms with Crippen molar-refractivity contribution in [2.75, 3.05) is 6.61 Å². The number of thioether (sulfide) groups is 1. The van der Waals surface area contributed by atoms with E-state index < -0.39 is 0 Å². The Hall–Kier alpha value is -2.00. The van der Waals surface area contributed by atoms with Gasteiger partial charge in [-0.05, 0) is 35.4 Å². The second kappa shape index (κ2) is 6.25. The lowest BCUT2D eigenvalue weighted by atomic mass is 10.2. The van der Waals surface area contributed by atoms with Crippen LogP contribution in [0.1, 0.15) is 18.7 Å². The van der Waals surface area contributed by atoms with Crippen molar-refractivity contribution in [3.05, 3.63) is 29.9 Å². The highest BCUT2D eigenvalue weighted by Crippen LogP contribution is 2.24. The first-order chi connectivity index (χ1) is 11.3. The van der Waals surface area contributed by atoms with E-state index in [1.807, 2.05) is 0 Å². The number of ether oxygens (including phenoxy) is 1. The zero-order valence-corrected chi connectivity index (χ0v) is 13.0. The molecule has 120 valence electrons. The lowest BCUT2D eigenvalue weighted by Gasteiger charge is -2.09. The molecule has 0 unspecified atom stereocenters. The van der Waals surface area contributed by atoms with Crippen LogP contribution in [0.2, 0.25) is 0 Å². The summed E-state index contributed by atoms with van der Waals surface area (Å²) in [5.41, 5.74) is 1.08. The maximum absolute atomic E-state index is 13.2. The molecule has 0 radical (unpaired) electrons. The van der Waals surface area contributed by atoms with Gasteiger partial charge in [0.1, 0.15) is 11.3 Å². The predicted molar refractivity (Wildman–Crippen MR) is 80.3 cm³/mol. The lowest BCUT2D eigenvalue weighted by Crippen LogP contribution is -2.16. The van der Waals surface area contributed by atoms with E-state index in [2.05, 4.69) is 20.5 Å². The molecule has 1 fully saturated rings. The smallest absolute Gasteiger partial charge is 0.209 e. The molecule has 0 bridgehead atoms. The zero-order chi connectivity index (χ0) is 15.6. The van der Waals surface area contributed by atoms with Gasteiger partial charge >= 0.3 is 0 Å². The first-order valence-corrected chi connectivity index (χ1v) is 8.32. The fourth-order valence-corrected chi connectivity index (χ4v) is 3.26. The van der Waals surface area contributed by atoms with Gasteiger partial charge in [-0.2, -0.15) is 0 Å². The first kappa shape index (κ1) is 14.6. The predicted octanol–water partition coefficient (Wildman–Crippen LogP) is 2.42. The van der Waals surface area contributed by atoms with Gasteiger partial charge in [0, 0.05) is 12.7 Å². The van der Waals surface area contributed by atoms with Gasteiger partial charge in [0.15, 0.2) is 5.58 Å². The van der Waals surface area contributed by atoms with E-state index in [4.69, 9.17) is 9.15 Å². The fraction of sp³-hybridized carbons (Fsp3) is 0.429. The molecule has 0 saturated carbocycles. The molecule has 7 nitrogen and oxygen atoms in total. The average molecular weight is 335 g/mol. The third-order valence-corrected chi connectivity index (χ3v) is 4.56. The number of halogens is 1. The Balaban J connectivity index is 1.44. The quantitative estimate of drug-likeness (QED) is 0.663. The minimum atomic E-state index is -0.328. The van der Waals surface area contributed by atoms with Gasteiger partial charge in [-0.1, -0.05) is 11.8 Å². The number of tetrazole rings is 1. The molecule has 0 amide bonds. The Morgan fingerprint density at radius 1 is 1.39 bits per heavy atom. The van der Waals surface area contributed by atoms with E-state index in [9.17, 15) is 4.39 Å². The normalized spacial score (nSPS) is 18.0. The van der Waals surface area contributed by atoms with E-state index in [0.717, 1.165) is 19.4 Å². The molecular weight excluding hydrogens is 321 g/mol. The van der Waals surface area contributed by atoms with Crippen molar-refractivity contribution in [2.24, 2.45) is 0 Å². The van der Waals surface area contributed by atoms with Gasteiger partial charge < -0.3 is 9.15 Å². The molecule has 1 aromatic carbocycles. The summed E-state index contributed by atoms with van der Waals surface area (Å²) in [5.74, 6) is 0.662. The van der Waals surface area contributed by atoms with Crippen molar-refractivity contribution in [3.63, 3.8) is 0 Å². The summed E-state index contributed by atoms with van der Waals surface area (Å²) >= 11 is 1.43. The molecule has 3 heterocycles. The van der Waals surface area contributed by atoms with Crippen LogP contribution in [0.5, 0.6) is 0 Å². The Bertz CT molecular complexity index is 814. The minimum absolute atomic E-state index is 0.171. The number of fused-ring (bicyclic) bond motifs is 1. The highest BCUT2D eigenvalue weighted by atomic mass is 32.2. The van der Waals surface area contributed by atoms with E-state index in [1.54, 1.807) is 10.7 Å². The molecule has 23 heavy (non-hydrogen) atoms. The van der Waals surface area contributed by atoms with Crippen LogP contribution in [0.4, 0.5) is 4.39 Å². The van der Waals surface area contributed by atoms with Gasteiger partial charge in [0.05, 0.1) is 18.4 Å². The van der Waals surface area contributed by atoms with E-state index in [0.29, 0.717) is 34.4 Å². The third-order valence-electron chi connectivity index (χ3n) is 3.62. The largest absolute Gasteiger partial charge is 0.440 e. The number of nitrogens with zero attached hydrogens (tertiary/aromatic N) is 5. The minimum Gasteiger partial charge on any atom is -0.440 e. The number of oxazole rings is 1. The van der Waals surface area contributed by atoms with Crippen LogP contribution < -0.4 is 0 Å². The number of rotatable bonds is 5. The summed E-state index contributed by atoms with van der Waals surface area (Å²) in [6, 6.07) is 4.29. The number of hydrogen-bond donors (Lipinski definition) is 0. The standard InChI is InChI=1S/C14H14FN5O2S/c15-9-3-4-12-11(6-9)16-13(22-12)8-23-14-17-18-19-20(14)7-10-2-1-5-21-10/h3-4,6,10H,1-2,5,7-8H2/t10-/m0/s1. The van der Waals surface area contributed by atoms with E-state index in [1.165, 1.54) is 23.9 Å². The van der Waals surface area contributed by atoms with Crippen molar-refractivity contribution < 1.29 is 13.5 Å². The van der Waals surface area contributed by atoms with Crippen LogP contribution >= 0.6 is 11.8 Å². The van der Waals surface area contributed by atoms with Crippen molar-refractivity contribution in [3.8, 4) is 0 Å². The molecule has 0 aliphatic carbocycles. The van der Waals surface area contributed by atoms with Crippen molar-refractivity contribution in [1.29, 1.82) is 0 Å². The Labute approximate surface area is 135 Å². The molecule has 2 aromatic heterocycles. The lowest BCUT2D eigenvalue weighted by molar-refractivity contribution is 0.0912. The van der Waals surface area contributed by atoms with Crippen LogP contribution in [0.15, 0.2) is 27.8 Å². The Kier molecular flexibility index (Phi) is 3.96. The molecule has 4 rings (SSSR count). The SMILES string of the molecule is Fc1ccc2oc(CSc3nnnn3C[C@@H]3CCCO3)nc2c1. The molecule has 3 aromatic rings. The van der Waals surface area contributed by atoms with Gasteiger partial charge in [-0.15, -0.1) is 5.10 Å². The highest BCUT2D eigenvalue weighted by Gasteiger charge is 2.19. The summed E-state index contributed by atoms with van der Waals surface area (Å²) in [5, 5.41) is 12.4. The topological polar surface area (TPSA) is 78.9 Å². The monoisotopic (exact) mass is 335 g/mol. The van der Waals surface area contributed by atoms with Crippen LogP contribution in [-0.4, -0.2) is 37.9 Å². The molecule has 0 N–H and O–H groups in total. The van der Waals surface area contributed by atoms with Crippen LogP contribution in [0.3, 0.4) is 0 Å². The molecule has 1 atom stereocenters. The second-order valence-electron chi connectivity index (χ2n) is 5.29. The molecule has 1 aliphatic heterocycles. The van der Waals surface area contributed by atoms with Gasteiger partial charge in [0.2, 0.25) is 11.0 Å².